The quantitative estimate of drug-likeness (QED) is 0.750. The summed E-state index contributed by atoms with van der Waals surface area (Å²) in [6.07, 6.45) is 5.28. The number of halogens is 1. The van der Waals surface area contributed by atoms with Gasteiger partial charge in [-0.1, -0.05) is 0 Å². The predicted octanol–water partition coefficient (Wildman–Crippen LogP) is 2.63. The number of nitrogens with zero attached hydrogens (tertiary/aromatic N) is 2. The summed E-state index contributed by atoms with van der Waals surface area (Å²) in [6, 6.07) is 0. The van der Waals surface area contributed by atoms with Crippen LogP contribution in [0.25, 0.3) is 0 Å². The third-order valence-electron chi connectivity index (χ3n) is 2.96. The van der Waals surface area contributed by atoms with Gasteiger partial charge >= 0.3 is 0 Å². The smallest absolute Gasteiger partial charge is 0.263 e. The van der Waals surface area contributed by atoms with E-state index in [0.29, 0.717) is 5.92 Å². The third-order valence-corrected chi connectivity index (χ3v) is 3.12. The van der Waals surface area contributed by atoms with Gasteiger partial charge in [-0.05, 0) is 54.3 Å². The molecule has 2 fully saturated rings. The van der Waals surface area contributed by atoms with Gasteiger partial charge in [-0.25, -0.2) is 0 Å². The minimum Gasteiger partial charge on any atom is -0.338 e. The van der Waals surface area contributed by atoms with E-state index in [-0.39, 0.29) is 5.28 Å². The van der Waals surface area contributed by atoms with E-state index in [1.165, 1.54) is 25.7 Å². The van der Waals surface area contributed by atoms with Crippen LogP contribution >= 0.6 is 11.6 Å². The zero-order valence-corrected chi connectivity index (χ0v) is 8.00. The molecule has 1 aromatic rings. The average Bonchev–Trinajstić information content (AvgIpc) is 2.95. The number of aromatic nitrogens is 2. The predicted molar refractivity (Wildman–Crippen MR) is 47.5 cm³/mol. The molecule has 0 amide bonds. The van der Waals surface area contributed by atoms with Gasteiger partial charge in [0.25, 0.3) is 5.28 Å². The lowest BCUT2D eigenvalue weighted by atomic mass is 9.98. The molecule has 13 heavy (non-hydrogen) atoms. The van der Waals surface area contributed by atoms with Crippen molar-refractivity contribution in [2.75, 3.05) is 0 Å². The van der Waals surface area contributed by atoms with Gasteiger partial charge in [0.05, 0.1) is 0 Å². The molecule has 0 bridgehead atoms. The Labute approximate surface area is 81.5 Å². The van der Waals surface area contributed by atoms with E-state index in [1.54, 1.807) is 0 Å². The van der Waals surface area contributed by atoms with Gasteiger partial charge in [0.15, 0.2) is 0 Å². The van der Waals surface area contributed by atoms with E-state index in [1.807, 2.05) is 0 Å². The first kappa shape index (κ1) is 7.80. The second-order valence-corrected chi connectivity index (χ2v) is 4.44. The molecular formula is C9H11ClN2O. The molecule has 0 aromatic carbocycles. The fourth-order valence-electron chi connectivity index (χ4n) is 2.05. The Balaban J connectivity index is 1.86. The Kier molecular flexibility index (Phi) is 1.62. The molecule has 0 atom stereocenters. The van der Waals surface area contributed by atoms with Crippen molar-refractivity contribution in [1.82, 2.24) is 10.1 Å². The Morgan fingerprint density at radius 1 is 1.23 bits per heavy atom. The van der Waals surface area contributed by atoms with Gasteiger partial charge in [0.1, 0.15) is 0 Å². The van der Waals surface area contributed by atoms with E-state index in [0.717, 1.165) is 17.7 Å². The Bertz CT molecular complexity index is 305. The van der Waals surface area contributed by atoms with Crippen LogP contribution in [-0.2, 0) is 0 Å². The molecule has 4 heteroatoms. The summed E-state index contributed by atoms with van der Waals surface area (Å²) >= 11 is 5.64. The zero-order chi connectivity index (χ0) is 8.84. The first-order chi connectivity index (χ1) is 6.34. The first-order valence-electron chi connectivity index (χ1n) is 4.83. The molecule has 0 saturated heterocycles. The Morgan fingerprint density at radius 3 is 2.23 bits per heavy atom. The highest BCUT2D eigenvalue weighted by Crippen LogP contribution is 2.54. The van der Waals surface area contributed by atoms with Gasteiger partial charge in [0, 0.05) is 5.92 Å². The molecule has 2 saturated carbocycles. The topological polar surface area (TPSA) is 38.9 Å². The lowest BCUT2D eigenvalue weighted by Gasteiger charge is -2.08. The molecular weight excluding hydrogens is 188 g/mol. The van der Waals surface area contributed by atoms with Gasteiger partial charge in [-0.2, -0.15) is 4.98 Å². The summed E-state index contributed by atoms with van der Waals surface area (Å²) in [5.41, 5.74) is 0. The molecule has 3 nitrogen and oxygen atoms in total. The van der Waals surface area contributed by atoms with Crippen molar-refractivity contribution in [3.05, 3.63) is 11.2 Å². The first-order valence-corrected chi connectivity index (χ1v) is 5.21. The zero-order valence-electron chi connectivity index (χ0n) is 7.24. The van der Waals surface area contributed by atoms with E-state index >= 15 is 0 Å². The maximum atomic E-state index is 5.64. The Morgan fingerprint density at radius 2 is 1.85 bits per heavy atom. The maximum absolute atomic E-state index is 5.64. The van der Waals surface area contributed by atoms with Crippen LogP contribution in [0.2, 0.25) is 5.28 Å². The maximum Gasteiger partial charge on any atom is 0.263 e. The highest BCUT2D eigenvalue weighted by Gasteiger charge is 2.45. The molecule has 0 radical (unpaired) electrons. The van der Waals surface area contributed by atoms with Crippen LogP contribution in [0.1, 0.15) is 37.5 Å². The minimum absolute atomic E-state index is 0.251. The van der Waals surface area contributed by atoms with Gasteiger partial charge < -0.3 is 4.52 Å². The van der Waals surface area contributed by atoms with Gasteiger partial charge in [-0.15, -0.1) is 0 Å². The summed E-state index contributed by atoms with van der Waals surface area (Å²) in [5.74, 6) is 2.88. The molecule has 0 aliphatic heterocycles. The van der Waals surface area contributed by atoms with Crippen LogP contribution < -0.4 is 0 Å². The largest absolute Gasteiger partial charge is 0.338 e. The molecule has 70 valence electrons. The highest BCUT2D eigenvalue weighted by atomic mass is 35.5. The van der Waals surface area contributed by atoms with Crippen LogP contribution in [0, 0.1) is 11.8 Å². The average molecular weight is 199 g/mol. The lowest BCUT2D eigenvalue weighted by molar-refractivity contribution is 0.325. The van der Waals surface area contributed by atoms with Crippen molar-refractivity contribution < 1.29 is 4.52 Å². The summed E-state index contributed by atoms with van der Waals surface area (Å²) in [4.78, 5) is 4.12. The van der Waals surface area contributed by atoms with E-state index in [9.17, 15) is 0 Å². The van der Waals surface area contributed by atoms with E-state index < -0.39 is 0 Å². The second kappa shape index (κ2) is 2.71. The van der Waals surface area contributed by atoms with Crippen LogP contribution in [0.15, 0.2) is 4.52 Å². The van der Waals surface area contributed by atoms with Crippen molar-refractivity contribution in [3.8, 4) is 0 Å². The fourth-order valence-corrected chi connectivity index (χ4v) is 2.17. The van der Waals surface area contributed by atoms with Gasteiger partial charge in [0.2, 0.25) is 5.89 Å². The summed E-state index contributed by atoms with van der Waals surface area (Å²) in [7, 11) is 0. The van der Waals surface area contributed by atoms with E-state index in [4.69, 9.17) is 16.1 Å². The van der Waals surface area contributed by atoms with Crippen molar-refractivity contribution in [3.63, 3.8) is 0 Å². The van der Waals surface area contributed by atoms with Crippen LogP contribution in [0.3, 0.4) is 0 Å². The monoisotopic (exact) mass is 198 g/mol. The Hall–Kier alpha value is -0.570. The lowest BCUT2D eigenvalue weighted by Crippen LogP contribution is -2.03. The summed E-state index contributed by atoms with van der Waals surface area (Å²) in [5, 5.41) is 3.89. The molecule has 0 spiro atoms. The fraction of sp³-hybridized carbons (Fsp3) is 0.778. The molecule has 0 unspecified atom stereocenters. The number of rotatable bonds is 3. The van der Waals surface area contributed by atoms with Crippen LogP contribution in [-0.4, -0.2) is 10.1 Å². The number of hydrogen-bond acceptors (Lipinski definition) is 3. The molecule has 2 aliphatic rings. The minimum atomic E-state index is 0.251. The normalized spacial score (nSPS) is 22.6. The highest BCUT2D eigenvalue weighted by molar-refractivity contribution is 6.28. The molecule has 1 heterocycles. The van der Waals surface area contributed by atoms with Crippen molar-refractivity contribution in [2.45, 2.75) is 31.6 Å². The summed E-state index contributed by atoms with van der Waals surface area (Å²) < 4.78 is 5.14. The second-order valence-electron chi connectivity index (χ2n) is 4.10. The molecule has 1 aromatic heterocycles. The number of hydrogen-bond donors (Lipinski definition) is 0. The standard InChI is InChI=1S/C9H11ClN2O/c10-9-11-8(13-12-9)7(5-1-2-5)6-3-4-6/h5-7H,1-4H2. The SMILES string of the molecule is Clc1noc(C(C2CC2)C2CC2)n1. The van der Waals surface area contributed by atoms with Crippen molar-refractivity contribution >= 4 is 11.6 Å². The van der Waals surface area contributed by atoms with Crippen molar-refractivity contribution in [2.24, 2.45) is 11.8 Å². The van der Waals surface area contributed by atoms with Crippen molar-refractivity contribution in [1.29, 1.82) is 0 Å². The molecule has 3 rings (SSSR count). The van der Waals surface area contributed by atoms with Gasteiger partial charge in [-0.3, -0.25) is 0 Å². The van der Waals surface area contributed by atoms with Crippen LogP contribution in [0.5, 0.6) is 0 Å². The molecule has 0 N–H and O–H groups in total. The van der Waals surface area contributed by atoms with Crippen LogP contribution in [0.4, 0.5) is 0 Å². The molecule has 2 aliphatic carbocycles. The summed E-state index contributed by atoms with van der Waals surface area (Å²) in [6.45, 7) is 0. The van der Waals surface area contributed by atoms with E-state index in [2.05, 4.69) is 10.1 Å². The third kappa shape index (κ3) is 1.46.